The van der Waals surface area contributed by atoms with Crippen LogP contribution in [0.4, 0.5) is 0 Å². The van der Waals surface area contributed by atoms with Gasteiger partial charge >= 0.3 is 0 Å². The van der Waals surface area contributed by atoms with Gasteiger partial charge in [-0.1, -0.05) is 30.3 Å². The highest BCUT2D eigenvalue weighted by molar-refractivity contribution is 7.10. The van der Waals surface area contributed by atoms with Gasteiger partial charge in [0, 0.05) is 17.5 Å². The number of amides is 1. The Morgan fingerprint density at radius 3 is 2.81 bits per heavy atom. The van der Waals surface area contributed by atoms with Crippen molar-refractivity contribution in [2.75, 3.05) is 6.54 Å². The maximum Gasteiger partial charge on any atom is 0.274 e. The molecule has 132 valence electrons. The maximum atomic E-state index is 13.0. The largest absolute Gasteiger partial charge is 0.330 e. The van der Waals surface area contributed by atoms with Gasteiger partial charge in [-0.05, 0) is 42.0 Å². The number of benzene rings is 1. The van der Waals surface area contributed by atoms with E-state index in [1.807, 2.05) is 42.2 Å². The number of rotatable bonds is 3. The Morgan fingerprint density at radius 1 is 1.19 bits per heavy atom. The molecule has 0 aliphatic carbocycles. The smallest absolute Gasteiger partial charge is 0.274 e. The van der Waals surface area contributed by atoms with Crippen molar-refractivity contribution in [3.8, 4) is 0 Å². The number of thiophene rings is 1. The highest BCUT2D eigenvalue weighted by atomic mass is 32.1. The molecule has 0 saturated heterocycles. The molecule has 6 heteroatoms. The predicted octanol–water partition coefficient (Wildman–Crippen LogP) is 3.11. The normalized spacial score (nSPS) is 16.3. The first-order chi connectivity index (χ1) is 12.6. The van der Waals surface area contributed by atoms with Gasteiger partial charge in [-0.25, -0.2) is 4.68 Å². The second-order valence-corrected chi connectivity index (χ2v) is 7.42. The van der Waals surface area contributed by atoms with E-state index in [1.54, 1.807) is 11.3 Å². The van der Waals surface area contributed by atoms with Crippen molar-refractivity contribution in [1.82, 2.24) is 14.7 Å². The SMILES string of the molecule is C[C@@H]1c2ccsc2CCN1C(=O)c1ccc(=O)n(Cc2ccccc2)n1. The molecule has 0 fully saturated rings. The quantitative estimate of drug-likeness (QED) is 0.717. The summed E-state index contributed by atoms with van der Waals surface area (Å²) in [5.41, 5.74) is 2.29. The second kappa shape index (κ2) is 6.88. The Bertz CT molecular complexity index is 994. The zero-order valence-corrected chi connectivity index (χ0v) is 15.3. The number of nitrogens with zero attached hydrogens (tertiary/aromatic N) is 3. The molecular formula is C20H19N3O2S. The van der Waals surface area contributed by atoms with E-state index in [2.05, 4.69) is 16.5 Å². The van der Waals surface area contributed by atoms with E-state index in [-0.39, 0.29) is 17.5 Å². The van der Waals surface area contributed by atoms with Crippen molar-refractivity contribution in [3.63, 3.8) is 0 Å². The average molecular weight is 365 g/mol. The standard InChI is InChI=1S/C20H19N3O2S/c1-14-16-10-12-26-18(16)9-11-22(14)20(25)17-7-8-19(24)23(21-17)13-15-5-3-2-4-6-15/h2-8,10,12,14H,9,11,13H2,1H3/t14-/m1/s1. The van der Waals surface area contributed by atoms with E-state index >= 15 is 0 Å². The highest BCUT2D eigenvalue weighted by Crippen LogP contribution is 2.33. The van der Waals surface area contributed by atoms with E-state index in [0.29, 0.717) is 18.8 Å². The molecule has 0 bridgehead atoms. The monoisotopic (exact) mass is 365 g/mol. The van der Waals surface area contributed by atoms with E-state index in [0.717, 1.165) is 12.0 Å². The van der Waals surface area contributed by atoms with Crippen LogP contribution in [0.1, 0.15) is 39.5 Å². The molecular weight excluding hydrogens is 346 g/mol. The Morgan fingerprint density at radius 2 is 2.00 bits per heavy atom. The van der Waals surface area contributed by atoms with E-state index in [1.165, 1.54) is 27.3 Å². The van der Waals surface area contributed by atoms with Crippen molar-refractivity contribution in [2.24, 2.45) is 0 Å². The maximum absolute atomic E-state index is 13.0. The van der Waals surface area contributed by atoms with Gasteiger partial charge < -0.3 is 4.90 Å². The molecule has 5 nitrogen and oxygen atoms in total. The molecule has 0 radical (unpaired) electrons. The Balaban J connectivity index is 1.61. The molecule has 1 amide bonds. The van der Waals surface area contributed by atoms with Crippen LogP contribution in [0.25, 0.3) is 0 Å². The molecule has 1 atom stereocenters. The van der Waals surface area contributed by atoms with Crippen LogP contribution in [-0.4, -0.2) is 27.1 Å². The summed E-state index contributed by atoms with van der Waals surface area (Å²) in [7, 11) is 0. The highest BCUT2D eigenvalue weighted by Gasteiger charge is 2.29. The third kappa shape index (κ3) is 3.08. The van der Waals surface area contributed by atoms with Gasteiger partial charge in [0.1, 0.15) is 5.69 Å². The molecule has 0 spiro atoms. The summed E-state index contributed by atoms with van der Waals surface area (Å²) in [6.07, 6.45) is 0.868. The molecule has 2 aromatic heterocycles. The molecule has 1 aliphatic rings. The number of hydrogen-bond donors (Lipinski definition) is 0. The van der Waals surface area contributed by atoms with E-state index in [4.69, 9.17) is 0 Å². The van der Waals surface area contributed by atoms with Gasteiger partial charge in [0.2, 0.25) is 0 Å². The summed E-state index contributed by atoms with van der Waals surface area (Å²) in [5.74, 6) is -0.129. The van der Waals surface area contributed by atoms with Crippen molar-refractivity contribution >= 4 is 17.2 Å². The minimum Gasteiger partial charge on any atom is -0.330 e. The summed E-state index contributed by atoms with van der Waals surface area (Å²) in [4.78, 5) is 28.3. The van der Waals surface area contributed by atoms with Crippen molar-refractivity contribution in [3.05, 3.63) is 86.0 Å². The lowest BCUT2D eigenvalue weighted by Gasteiger charge is -2.33. The molecule has 1 aromatic carbocycles. The van der Waals surface area contributed by atoms with Gasteiger partial charge in [-0.3, -0.25) is 9.59 Å². The fraction of sp³-hybridized carbons (Fsp3) is 0.250. The first kappa shape index (κ1) is 16.7. The molecule has 1 aliphatic heterocycles. The lowest BCUT2D eigenvalue weighted by Crippen LogP contribution is -2.39. The first-order valence-corrected chi connectivity index (χ1v) is 9.51. The van der Waals surface area contributed by atoms with Crippen LogP contribution in [0, 0.1) is 0 Å². The Kier molecular flexibility index (Phi) is 4.42. The third-order valence-electron chi connectivity index (χ3n) is 4.80. The van der Waals surface area contributed by atoms with E-state index in [9.17, 15) is 9.59 Å². The predicted molar refractivity (Wildman–Crippen MR) is 102 cm³/mol. The minimum absolute atomic E-state index is 0.0220. The molecule has 3 heterocycles. The van der Waals surface area contributed by atoms with Crippen LogP contribution in [0.5, 0.6) is 0 Å². The number of aromatic nitrogens is 2. The number of fused-ring (bicyclic) bond motifs is 1. The van der Waals surface area contributed by atoms with E-state index < -0.39 is 0 Å². The third-order valence-corrected chi connectivity index (χ3v) is 5.80. The lowest BCUT2D eigenvalue weighted by atomic mass is 10.0. The zero-order chi connectivity index (χ0) is 18.1. The van der Waals surface area contributed by atoms with Crippen LogP contribution in [0.3, 0.4) is 0 Å². The fourth-order valence-corrected chi connectivity index (χ4v) is 4.33. The van der Waals surface area contributed by atoms with Crippen LogP contribution >= 0.6 is 11.3 Å². The summed E-state index contributed by atoms with van der Waals surface area (Å²) >= 11 is 1.75. The van der Waals surface area contributed by atoms with Gasteiger partial charge in [-0.2, -0.15) is 5.10 Å². The van der Waals surface area contributed by atoms with Crippen LogP contribution in [-0.2, 0) is 13.0 Å². The molecule has 0 unspecified atom stereocenters. The van der Waals surface area contributed by atoms with Crippen LogP contribution < -0.4 is 5.56 Å². The van der Waals surface area contributed by atoms with Crippen molar-refractivity contribution in [1.29, 1.82) is 0 Å². The molecule has 0 N–H and O–H groups in total. The topological polar surface area (TPSA) is 55.2 Å². The van der Waals surface area contributed by atoms with Gasteiger partial charge in [0.05, 0.1) is 12.6 Å². The lowest BCUT2D eigenvalue weighted by molar-refractivity contribution is 0.0670. The molecule has 4 rings (SSSR count). The summed E-state index contributed by atoms with van der Waals surface area (Å²) in [6, 6.07) is 14.7. The van der Waals surface area contributed by atoms with Gasteiger partial charge in [0.25, 0.3) is 11.5 Å². The minimum atomic E-state index is -0.211. The number of carbonyl (C=O) groups is 1. The fourth-order valence-electron chi connectivity index (χ4n) is 3.37. The van der Waals surface area contributed by atoms with Gasteiger partial charge in [-0.15, -0.1) is 11.3 Å². The summed E-state index contributed by atoms with van der Waals surface area (Å²) in [5, 5.41) is 6.41. The number of carbonyl (C=O) groups excluding carboxylic acids is 1. The zero-order valence-electron chi connectivity index (χ0n) is 14.5. The Labute approximate surface area is 155 Å². The van der Waals surface area contributed by atoms with Crippen molar-refractivity contribution in [2.45, 2.75) is 25.9 Å². The molecule has 3 aromatic rings. The second-order valence-electron chi connectivity index (χ2n) is 6.42. The average Bonchev–Trinajstić information content (AvgIpc) is 3.14. The van der Waals surface area contributed by atoms with Crippen LogP contribution in [0.2, 0.25) is 0 Å². The van der Waals surface area contributed by atoms with Crippen molar-refractivity contribution < 1.29 is 4.79 Å². The molecule has 26 heavy (non-hydrogen) atoms. The first-order valence-electron chi connectivity index (χ1n) is 8.63. The molecule has 0 saturated carbocycles. The summed E-state index contributed by atoms with van der Waals surface area (Å²) in [6.45, 7) is 3.07. The Hall–Kier alpha value is -2.73. The van der Waals surface area contributed by atoms with Crippen LogP contribution in [0.15, 0.2) is 58.7 Å². The number of hydrogen-bond acceptors (Lipinski definition) is 4. The van der Waals surface area contributed by atoms with Gasteiger partial charge in [0.15, 0.2) is 0 Å². The summed E-state index contributed by atoms with van der Waals surface area (Å²) < 4.78 is 1.35.